The Hall–Kier alpha value is -3.31. The summed E-state index contributed by atoms with van der Waals surface area (Å²) in [5.74, 6) is 0.248. The molecule has 3 aromatic rings. The van der Waals surface area contributed by atoms with Gasteiger partial charge in [-0.15, -0.1) is 0 Å². The van der Waals surface area contributed by atoms with E-state index in [1.54, 1.807) is 18.2 Å². The zero-order valence-electron chi connectivity index (χ0n) is 16.4. The van der Waals surface area contributed by atoms with E-state index in [-0.39, 0.29) is 29.2 Å². The maximum atomic E-state index is 12.6. The van der Waals surface area contributed by atoms with E-state index in [0.717, 1.165) is 6.42 Å². The predicted molar refractivity (Wildman–Crippen MR) is 111 cm³/mol. The largest absolute Gasteiger partial charge is 0.453 e. The van der Waals surface area contributed by atoms with Crippen LogP contribution in [0.2, 0.25) is 0 Å². The molecule has 30 heavy (non-hydrogen) atoms. The number of fused-ring (bicyclic) bond motifs is 1. The van der Waals surface area contributed by atoms with Crippen LogP contribution >= 0.6 is 0 Å². The number of nitrogens with zero attached hydrogens (tertiary/aromatic N) is 1. The van der Waals surface area contributed by atoms with E-state index in [4.69, 9.17) is 4.18 Å². The summed E-state index contributed by atoms with van der Waals surface area (Å²) in [5, 5.41) is 14.8. The lowest BCUT2D eigenvalue weighted by Crippen LogP contribution is -2.22. The number of H-pyrrole nitrogens is 1. The molecule has 4 N–H and O–H groups in total. The molecule has 0 spiro atoms. The second-order valence-corrected chi connectivity index (χ2v) is 7.92. The number of benzene rings is 2. The number of amides is 1. The second-order valence-electron chi connectivity index (χ2n) is 6.37. The minimum atomic E-state index is -4.06. The van der Waals surface area contributed by atoms with E-state index in [1.165, 1.54) is 31.4 Å². The van der Waals surface area contributed by atoms with Gasteiger partial charge in [-0.2, -0.15) is 8.42 Å². The molecule has 2 aromatic carbocycles. The van der Waals surface area contributed by atoms with Crippen LogP contribution in [0.5, 0.6) is 5.75 Å². The molecular formula is C19H22N4O6S. The standard InChI is InChI=1S/C19H22N4O6S/c1-3-12(11-24)20-13-4-7-15(8-5-13)30(26,27)29-14-6-9-16-17(10-14)22-18(21-16)23-19(25)28-2/h4-10,12,20,24H,3,11H2,1-2H3,(H2,21,22,23,25). The van der Waals surface area contributed by atoms with Crippen LogP contribution in [0.4, 0.5) is 16.4 Å². The van der Waals surface area contributed by atoms with Gasteiger partial charge in [0.2, 0.25) is 5.95 Å². The number of carbonyl (C=O) groups excluding carboxylic acids is 1. The average molecular weight is 434 g/mol. The number of aromatic amines is 1. The van der Waals surface area contributed by atoms with Crippen molar-refractivity contribution in [2.24, 2.45) is 0 Å². The van der Waals surface area contributed by atoms with Crippen LogP contribution in [0, 0.1) is 0 Å². The number of aliphatic hydroxyl groups is 1. The molecule has 0 aliphatic rings. The lowest BCUT2D eigenvalue weighted by Gasteiger charge is -2.15. The number of hydrogen-bond donors (Lipinski definition) is 4. The van der Waals surface area contributed by atoms with Crippen molar-refractivity contribution in [2.45, 2.75) is 24.3 Å². The first-order valence-corrected chi connectivity index (χ1v) is 10.5. The highest BCUT2D eigenvalue weighted by Crippen LogP contribution is 2.24. The van der Waals surface area contributed by atoms with Crippen LogP contribution in [0.25, 0.3) is 11.0 Å². The molecule has 1 heterocycles. The Morgan fingerprint density at radius 3 is 2.60 bits per heavy atom. The van der Waals surface area contributed by atoms with E-state index in [1.807, 2.05) is 6.92 Å². The molecule has 0 aliphatic heterocycles. The van der Waals surface area contributed by atoms with Gasteiger partial charge in [0.25, 0.3) is 0 Å². The van der Waals surface area contributed by atoms with Crippen molar-refractivity contribution in [1.82, 2.24) is 9.97 Å². The van der Waals surface area contributed by atoms with Crippen LogP contribution in [-0.4, -0.2) is 49.3 Å². The molecule has 0 bridgehead atoms. The Balaban J connectivity index is 1.75. The van der Waals surface area contributed by atoms with Crippen LogP contribution in [0.3, 0.4) is 0 Å². The van der Waals surface area contributed by atoms with Crippen molar-refractivity contribution < 1.29 is 27.2 Å². The predicted octanol–water partition coefficient (Wildman–Crippen LogP) is 2.69. The van der Waals surface area contributed by atoms with Crippen LogP contribution in [0.15, 0.2) is 47.4 Å². The van der Waals surface area contributed by atoms with E-state index >= 15 is 0 Å². The maximum absolute atomic E-state index is 12.6. The number of aromatic nitrogens is 2. The fourth-order valence-corrected chi connectivity index (χ4v) is 3.58. The lowest BCUT2D eigenvalue weighted by atomic mass is 10.2. The third kappa shape index (κ3) is 4.99. The third-order valence-corrected chi connectivity index (χ3v) is 5.55. The van der Waals surface area contributed by atoms with E-state index < -0.39 is 16.2 Å². The van der Waals surface area contributed by atoms with Gasteiger partial charge in [0, 0.05) is 17.8 Å². The first-order valence-electron chi connectivity index (χ1n) is 9.11. The molecule has 0 saturated carbocycles. The van der Waals surface area contributed by atoms with Gasteiger partial charge < -0.3 is 24.3 Å². The number of rotatable bonds is 8. The Morgan fingerprint density at radius 2 is 1.97 bits per heavy atom. The minimum Gasteiger partial charge on any atom is -0.453 e. The van der Waals surface area contributed by atoms with E-state index in [2.05, 4.69) is 25.3 Å². The first kappa shape index (κ1) is 21.4. The zero-order chi connectivity index (χ0) is 21.7. The molecule has 160 valence electrons. The quantitative estimate of drug-likeness (QED) is 0.396. The number of aliphatic hydroxyl groups excluding tert-OH is 1. The van der Waals surface area contributed by atoms with Crippen molar-refractivity contribution in [3.8, 4) is 5.75 Å². The highest BCUT2D eigenvalue weighted by Gasteiger charge is 2.18. The van der Waals surface area contributed by atoms with Crippen molar-refractivity contribution in [3.05, 3.63) is 42.5 Å². The van der Waals surface area contributed by atoms with Gasteiger partial charge in [0.15, 0.2) is 0 Å². The van der Waals surface area contributed by atoms with E-state index in [9.17, 15) is 18.3 Å². The third-order valence-electron chi connectivity index (χ3n) is 4.29. The molecule has 1 atom stereocenters. The molecule has 1 amide bonds. The number of imidazole rings is 1. The van der Waals surface area contributed by atoms with Gasteiger partial charge in [-0.05, 0) is 42.8 Å². The molecule has 3 rings (SSSR count). The second kappa shape index (κ2) is 9.01. The molecule has 0 aliphatic carbocycles. The number of anilines is 2. The van der Waals surface area contributed by atoms with Gasteiger partial charge in [-0.1, -0.05) is 6.92 Å². The normalized spacial score (nSPS) is 12.4. The van der Waals surface area contributed by atoms with E-state index in [0.29, 0.717) is 16.7 Å². The minimum absolute atomic E-state index is 0.0112. The number of hydrogen-bond acceptors (Lipinski definition) is 8. The Morgan fingerprint density at radius 1 is 1.23 bits per heavy atom. The van der Waals surface area contributed by atoms with Gasteiger partial charge >= 0.3 is 16.2 Å². The topological polar surface area (TPSA) is 143 Å². The van der Waals surface area contributed by atoms with Gasteiger partial charge in [-0.3, -0.25) is 5.32 Å². The SMILES string of the molecule is CCC(CO)Nc1ccc(S(=O)(=O)Oc2ccc3nc(NC(=O)OC)[nH]c3c2)cc1. The number of methoxy groups -OCH3 is 1. The molecule has 10 nitrogen and oxygen atoms in total. The maximum Gasteiger partial charge on any atom is 0.413 e. The summed E-state index contributed by atoms with van der Waals surface area (Å²) < 4.78 is 34.9. The fraction of sp³-hybridized carbons (Fsp3) is 0.263. The highest BCUT2D eigenvalue weighted by molar-refractivity contribution is 7.87. The average Bonchev–Trinajstić information content (AvgIpc) is 3.13. The molecule has 1 unspecified atom stereocenters. The summed E-state index contributed by atoms with van der Waals surface area (Å²) in [6, 6.07) is 10.4. The Labute approximate surface area is 173 Å². The van der Waals surface area contributed by atoms with Gasteiger partial charge in [0.05, 0.1) is 24.8 Å². The van der Waals surface area contributed by atoms with Crippen molar-refractivity contribution in [2.75, 3.05) is 24.4 Å². The summed E-state index contributed by atoms with van der Waals surface area (Å²) in [5.41, 5.74) is 1.68. The zero-order valence-corrected chi connectivity index (χ0v) is 17.2. The molecule has 0 fully saturated rings. The van der Waals surface area contributed by atoms with Crippen molar-refractivity contribution in [1.29, 1.82) is 0 Å². The molecule has 1 aromatic heterocycles. The number of carbonyl (C=O) groups is 1. The van der Waals surface area contributed by atoms with Gasteiger partial charge in [-0.25, -0.2) is 9.78 Å². The Bertz CT molecular complexity index is 1120. The summed E-state index contributed by atoms with van der Waals surface area (Å²) in [6.07, 6.45) is 0.0439. The van der Waals surface area contributed by atoms with Gasteiger partial charge in [0.1, 0.15) is 10.6 Å². The molecule has 0 saturated heterocycles. The summed E-state index contributed by atoms with van der Waals surface area (Å²) >= 11 is 0. The highest BCUT2D eigenvalue weighted by atomic mass is 32.2. The van der Waals surface area contributed by atoms with Crippen LogP contribution in [0.1, 0.15) is 13.3 Å². The smallest absolute Gasteiger partial charge is 0.413 e. The van der Waals surface area contributed by atoms with Crippen molar-refractivity contribution >= 4 is 38.9 Å². The lowest BCUT2D eigenvalue weighted by molar-refractivity contribution is 0.186. The molecular weight excluding hydrogens is 412 g/mol. The summed E-state index contributed by atoms with van der Waals surface area (Å²) in [4.78, 5) is 18.2. The first-order chi connectivity index (χ1) is 14.3. The fourth-order valence-electron chi connectivity index (χ4n) is 2.65. The summed E-state index contributed by atoms with van der Waals surface area (Å²) in [7, 11) is -2.83. The Kier molecular flexibility index (Phi) is 6.43. The number of nitrogens with one attached hydrogen (secondary N) is 3. The molecule has 0 radical (unpaired) electrons. The van der Waals surface area contributed by atoms with Crippen LogP contribution in [-0.2, 0) is 14.9 Å². The van der Waals surface area contributed by atoms with Crippen molar-refractivity contribution in [3.63, 3.8) is 0 Å². The monoisotopic (exact) mass is 434 g/mol. The summed E-state index contributed by atoms with van der Waals surface area (Å²) in [6.45, 7) is 1.91. The number of ether oxygens (including phenoxy) is 1. The molecule has 11 heteroatoms. The van der Waals surface area contributed by atoms with Crippen LogP contribution < -0.4 is 14.8 Å².